The number of esters is 1. The van der Waals surface area contributed by atoms with E-state index in [9.17, 15) is 42.5 Å². The summed E-state index contributed by atoms with van der Waals surface area (Å²) in [6.07, 6.45) is 32.8. The van der Waals surface area contributed by atoms with Crippen LogP contribution in [-0.2, 0) is 47.6 Å². The van der Waals surface area contributed by atoms with E-state index < -0.39 is 65.3 Å². The van der Waals surface area contributed by atoms with Crippen LogP contribution in [0, 0.1) is 52.3 Å². The van der Waals surface area contributed by atoms with E-state index in [0.717, 1.165) is 89.4 Å². The first-order chi connectivity index (χ1) is 40.7. The molecular formula is C68H126N2O14PS+. The molecule has 4 aliphatic rings. The summed E-state index contributed by atoms with van der Waals surface area (Å²) < 4.78 is 70.0. The monoisotopic (exact) mass is 1260 g/mol. The number of nitrogens with one attached hydrogen (secondary N) is 1. The number of amides is 1. The van der Waals surface area contributed by atoms with E-state index >= 15 is 0 Å². The second kappa shape index (κ2) is 38.9. The van der Waals surface area contributed by atoms with E-state index in [2.05, 4.69) is 59.0 Å². The number of hydrogen-bond donors (Lipinski definition) is 5. The summed E-state index contributed by atoms with van der Waals surface area (Å²) in [5, 5.41) is 27.2. The molecule has 86 heavy (non-hydrogen) atoms. The van der Waals surface area contributed by atoms with Gasteiger partial charge in [0, 0.05) is 25.8 Å². The number of ketones is 1. The number of aliphatic hydroxyl groups excluding tert-OH is 2. The third kappa shape index (κ3) is 27.2. The molecule has 5 N–H and O–H groups in total. The number of phosphoric acid groups is 1. The van der Waals surface area contributed by atoms with Crippen LogP contribution in [-0.4, -0.2) is 134 Å². The molecule has 0 radical (unpaired) electrons. The Morgan fingerprint density at radius 2 is 1.31 bits per heavy atom. The van der Waals surface area contributed by atoms with Crippen LogP contribution in [0.15, 0.2) is 12.2 Å². The molecule has 18 heteroatoms. The van der Waals surface area contributed by atoms with E-state index in [4.69, 9.17) is 23.1 Å². The Kier molecular flexibility index (Phi) is 34.7. The van der Waals surface area contributed by atoms with Gasteiger partial charge in [0.2, 0.25) is 5.91 Å². The van der Waals surface area contributed by atoms with Crippen molar-refractivity contribution in [3.8, 4) is 0 Å². The predicted molar refractivity (Wildman–Crippen MR) is 344 cm³/mol. The molecule has 502 valence electrons. The van der Waals surface area contributed by atoms with Crippen molar-refractivity contribution in [2.45, 2.75) is 297 Å². The highest BCUT2D eigenvalue weighted by molar-refractivity contribution is 7.85. The fourth-order valence-electron chi connectivity index (χ4n) is 15.6. The SMILES string of the molecule is CCCCCCCC/C=C\CCCCCCCC(=O)O[C@@H](CO[C@@H]1CC[C@@]2(C)C(CC(O)C3C2C[C@H](O)[C@@]2(C)C3CC[C@@H]2[C@H](C)CCC(=O)NCCS(=O)(=O)O)C1)C(OP(=O)(O)OCC[N+](C)(C)C)C(=O)CCCCCCCCCCCCC(C)C. The number of allylic oxidation sites excluding steroid dienone is 2. The van der Waals surface area contributed by atoms with Crippen molar-refractivity contribution in [3.63, 3.8) is 0 Å². The molecule has 0 heterocycles. The average molecular weight is 1260 g/mol. The Labute approximate surface area is 522 Å². The van der Waals surface area contributed by atoms with Crippen molar-refractivity contribution >= 4 is 35.6 Å². The van der Waals surface area contributed by atoms with Gasteiger partial charge in [0.05, 0.1) is 51.8 Å². The normalized spacial score (nSPS) is 27.7. The van der Waals surface area contributed by atoms with Crippen molar-refractivity contribution in [2.24, 2.45) is 52.3 Å². The first kappa shape index (κ1) is 76.7. The minimum atomic E-state index is -4.83. The van der Waals surface area contributed by atoms with E-state index in [1.807, 2.05) is 21.1 Å². The number of carbonyl (C=O) groups is 3. The van der Waals surface area contributed by atoms with E-state index in [-0.39, 0.29) is 92.0 Å². The third-order valence-electron chi connectivity index (χ3n) is 20.8. The fourth-order valence-corrected chi connectivity index (χ4v) is 16.8. The second-order valence-corrected chi connectivity index (χ2v) is 32.1. The number of likely N-dealkylation sites (N-methyl/N-ethyl adjacent to an activating group) is 1. The number of ether oxygens (including phenoxy) is 2. The average Bonchev–Trinajstić information content (AvgIpc) is 1.41. The number of unbranched alkanes of at least 4 members (excludes halogenated alkanes) is 20. The molecule has 7 unspecified atom stereocenters. The van der Waals surface area contributed by atoms with Crippen molar-refractivity contribution in [2.75, 3.05) is 53.2 Å². The van der Waals surface area contributed by atoms with Gasteiger partial charge in [-0.2, -0.15) is 8.42 Å². The molecule has 4 rings (SSSR count). The molecule has 0 aromatic carbocycles. The third-order valence-corrected chi connectivity index (χ3v) is 22.5. The summed E-state index contributed by atoms with van der Waals surface area (Å²) in [5.41, 5.74) is -0.659. The molecule has 0 spiro atoms. The van der Waals surface area contributed by atoms with Gasteiger partial charge in [-0.1, -0.05) is 169 Å². The zero-order valence-electron chi connectivity index (χ0n) is 55.5. The maximum absolute atomic E-state index is 14.5. The lowest BCUT2D eigenvalue weighted by Crippen LogP contribution is -2.62. The molecule has 16 nitrogen and oxygen atoms in total. The van der Waals surface area contributed by atoms with Gasteiger partial charge in [0.1, 0.15) is 13.2 Å². The number of Topliss-reactive ketones (excluding diaryl/α,β-unsaturated/α-hetero) is 1. The molecular weight excluding hydrogens is 1130 g/mol. The maximum Gasteiger partial charge on any atom is 0.473 e. The quantitative estimate of drug-likeness (QED) is 0.00953. The highest BCUT2D eigenvalue weighted by atomic mass is 32.2. The minimum absolute atomic E-state index is 0.00884. The summed E-state index contributed by atoms with van der Waals surface area (Å²) in [6, 6.07) is 0. The number of nitrogens with zero attached hydrogens (tertiary/aromatic N) is 1. The van der Waals surface area contributed by atoms with Gasteiger partial charge >= 0.3 is 13.8 Å². The van der Waals surface area contributed by atoms with E-state index in [1.54, 1.807) is 0 Å². The summed E-state index contributed by atoms with van der Waals surface area (Å²) >= 11 is 0. The molecule has 0 saturated heterocycles. The smallest absolute Gasteiger partial charge is 0.457 e. The molecule has 0 aromatic heterocycles. The van der Waals surface area contributed by atoms with Crippen LogP contribution < -0.4 is 5.32 Å². The predicted octanol–water partition coefficient (Wildman–Crippen LogP) is 14.5. The Hall–Kier alpha value is -1.79. The van der Waals surface area contributed by atoms with Gasteiger partial charge in [-0.3, -0.25) is 28.0 Å². The summed E-state index contributed by atoms with van der Waals surface area (Å²) in [7, 11) is -3.19. The van der Waals surface area contributed by atoms with Gasteiger partial charge < -0.3 is 34.4 Å². The lowest BCUT2D eigenvalue weighted by Gasteiger charge is -2.63. The van der Waals surface area contributed by atoms with Crippen molar-refractivity contribution in [1.82, 2.24) is 5.32 Å². The van der Waals surface area contributed by atoms with Crippen molar-refractivity contribution < 1.29 is 70.0 Å². The minimum Gasteiger partial charge on any atom is -0.457 e. The molecule has 4 fully saturated rings. The van der Waals surface area contributed by atoms with Crippen LogP contribution in [0.25, 0.3) is 0 Å². The Morgan fingerprint density at radius 1 is 0.733 bits per heavy atom. The Morgan fingerprint density at radius 3 is 1.91 bits per heavy atom. The van der Waals surface area contributed by atoms with Gasteiger partial charge in [-0.25, -0.2) is 4.57 Å². The number of hydrogen-bond acceptors (Lipinski definition) is 12. The van der Waals surface area contributed by atoms with Crippen LogP contribution in [0.5, 0.6) is 0 Å². The number of phosphoric ester groups is 1. The van der Waals surface area contributed by atoms with Gasteiger partial charge in [-0.05, 0) is 142 Å². The number of carbonyl (C=O) groups excluding carboxylic acids is 3. The number of aliphatic hydroxyl groups is 2. The molecule has 4 saturated carbocycles. The first-order valence-corrected chi connectivity index (χ1v) is 37.8. The number of rotatable bonds is 47. The number of quaternary nitrogens is 1. The Balaban J connectivity index is 1.43. The standard InChI is InChI=1S/C68H125N2O14PS/c1-10-11-12-13-14-15-16-17-18-19-20-25-28-31-34-37-64(75)83-61(66(84-85(76,77)82-46-45-70(7,8)9)59(71)36-33-30-27-24-22-21-23-26-29-32-35-52(2)3)51-81-55-42-43-67(5)54(48-55)49-60(72)65-57-40-39-56(68(57,6)62(73)50-58(65)67)53(4)38-41-63(74)69-44-47-86(78,79)80/h17-18,52-58,60-62,65-66,72-73H,10-16,19-51H2,1-9H3,(H2-,69,74,76,77,78,79,80)/p+1/b18-17-/t53-,54?,55-,56-,57?,58?,60?,61+,62+,65?,66?,67+,68-/m1/s1. The topological polar surface area (TPSA) is 232 Å². The lowest BCUT2D eigenvalue weighted by molar-refractivity contribution is -0.870. The molecule has 0 aromatic rings. The molecule has 0 aliphatic heterocycles. The zero-order valence-corrected chi connectivity index (χ0v) is 57.3. The van der Waals surface area contributed by atoms with E-state index in [0.29, 0.717) is 56.0 Å². The highest BCUT2D eigenvalue weighted by Gasteiger charge is 2.66. The zero-order chi connectivity index (χ0) is 63.4. The second-order valence-electron chi connectivity index (χ2n) is 29.1. The largest absolute Gasteiger partial charge is 0.473 e. The van der Waals surface area contributed by atoms with Gasteiger partial charge in [0.25, 0.3) is 10.1 Å². The molecule has 4 aliphatic carbocycles. The summed E-state index contributed by atoms with van der Waals surface area (Å²) in [6.45, 7) is 13.4. The number of fused-ring (bicyclic) bond motifs is 5. The molecule has 0 bridgehead atoms. The van der Waals surface area contributed by atoms with Crippen LogP contribution in [0.3, 0.4) is 0 Å². The highest BCUT2D eigenvalue weighted by Crippen LogP contribution is 2.68. The summed E-state index contributed by atoms with van der Waals surface area (Å²) in [4.78, 5) is 52.3. The van der Waals surface area contributed by atoms with E-state index in [1.165, 1.54) is 77.0 Å². The Bertz CT molecular complexity index is 2140. The fraction of sp³-hybridized carbons (Fsp3) is 0.926. The van der Waals surface area contributed by atoms with Crippen LogP contribution >= 0.6 is 7.82 Å². The maximum atomic E-state index is 14.5. The molecule has 1 amide bonds. The molecule has 14 atom stereocenters. The lowest BCUT2D eigenvalue weighted by atomic mass is 9.43. The first-order valence-electron chi connectivity index (χ1n) is 34.7. The van der Waals surface area contributed by atoms with Crippen LogP contribution in [0.4, 0.5) is 0 Å². The van der Waals surface area contributed by atoms with Crippen molar-refractivity contribution in [3.05, 3.63) is 12.2 Å². The van der Waals surface area contributed by atoms with Gasteiger partial charge in [0.15, 0.2) is 18.0 Å². The van der Waals surface area contributed by atoms with Crippen molar-refractivity contribution in [1.29, 1.82) is 0 Å². The van der Waals surface area contributed by atoms with Crippen LogP contribution in [0.2, 0.25) is 0 Å². The van der Waals surface area contributed by atoms with Gasteiger partial charge in [-0.15, -0.1) is 0 Å². The van der Waals surface area contributed by atoms with Crippen LogP contribution in [0.1, 0.15) is 266 Å². The summed E-state index contributed by atoms with van der Waals surface area (Å²) in [5.74, 6) is -0.591.